The molecule has 0 saturated heterocycles. The molecular weight excluding hydrogens is 228 g/mol. The van der Waals surface area contributed by atoms with Crippen molar-refractivity contribution in [1.29, 1.82) is 0 Å². The Morgan fingerprint density at radius 3 is 1.44 bits per heavy atom. The topological polar surface area (TPSA) is 17.1 Å². The van der Waals surface area contributed by atoms with Gasteiger partial charge in [-0.1, -0.05) is 40.0 Å². The molecule has 1 nitrogen and oxygen atoms in total. The largest absolute Gasteiger partial charge is 0.277 e. The number of carbonyl (C=O) groups is 1. The van der Waals surface area contributed by atoms with Crippen molar-refractivity contribution < 1.29 is 4.79 Å². The maximum atomic E-state index is 11.5. The Bertz CT molecular complexity index is 336. The molecule has 0 aromatic heterocycles. The van der Waals surface area contributed by atoms with Crippen LogP contribution in [0.3, 0.4) is 0 Å². The first kappa shape index (κ1) is 15.2. The molecule has 16 heavy (non-hydrogen) atoms. The maximum Gasteiger partial charge on any atom is 0.277 e. The first-order chi connectivity index (χ1) is 7.22. The zero-order chi connectivity index (χ0) is 12.8. The van der Waals surface area contributed by atoms with E-state index >= 15 is 0 Å². The van der Waals surface area contributed by atoms with E-state index < -0.39 is 16.1 Å². The highest BCUT2D eigenvalue weighted by molar-refractivity contribution is 6.86. The predicted octanol–water partition coefficient (Wildman–Crippen LogP) is 3.10. The van der Waals surface area contributed by atoms with Crippen LogP contribution in [-0.2, 0) is 4.79 Å². The van der Waals surface area contributed by atoms with Gasteiger partial charge in [0.25, 0.3) is 5.78 Å². The molecule has 0 aliphatic heterocycles. The molecular formula is C13H22OSi2. The standard InChI is InChI=1S/C13H22OSi2/c1-7-15(3,4)11-9-13(14)10-12-16(5,6)8-2/h7-8H2,1-6H3. The minimum atomic E-state index is -1.46. The van der Waals surface area contributed by atoms with Crippen molar-refractivity contribution in [2.45, 2.75) is 52.1 Å². The van der Waals surface area contributed by atoms with Gasteiger partial charge in [-0.05, 0) is 23.9 Å². The van der Waals surface area contributed by atoms with Crippen LogP contribution in [0.5, 0.6) is 0 Å². The lowest BCUT2D eigenvalue weighted by molar-refractivity contribution is -0.108. The fourth-order valence-corrected chi connectivity index (χ4v) is 1.92. The molecule has 0 spiro atoms. The fraction of sp³-hybridized carbons (Fsp3) is 0.615. The molecule has 88 valence electrons. The summed E-state index contributed by atoms with van der Waals surface area (Å²) in [5.41, 5.74) is 6.23. The molecule has 0 aliphatic carbocycles. The number of Topliss-reactive ketones (excluding diaryl/α,β-unsaturated/α-hetero) is 1. The molecule has 0 aliphatic rings. The average molecular weight is 250 g/mol. The quantitative estimate of drug-likeness (QED) is 0.544. The monoisotopic (exact) mass is 250 g/mol. The normalized spacial score (nSPS) is 10.9. The lowest BCUT2D eigenvalue weighted by atomic mass is 10.4. The van der Waals surface area contributed by atoms with Gasteiger partial charge < -0.3 is 0 Å². The summed E-state index contributed by atoms with van der Waals surface area (Å²) in [4.78, 5) is 11.5. The van der Waals surface area contributed by atoms with Crippen molar-refractivity contribution in [3.05, 3.63) is 0 Å². The summed E-state index contributed by atoms with van der Waals surface area (Å²) < 4.78 is 0. The second-order valence-corrected chi connectivity index (χ2v) is 14.8. The molecule has 0 fully saturated rings. The second-order valence-electron chi connectivity index (χ2n) is 5.30. The first-order valence-corrected chi connectivity index (χ1v) is 12.2. The van der Waals surface area contributed by atoms with Gasteiger partial charge in [0.05, 0.1) is 0 Å². The van der Waals surface area contributed by atoms with Gasteiger partial charge >= 0.3 is 0 Å². The van der Waals surface area contributed by atoms with E-state index in [1.165, 1.54) is 0 Å². The number of hydrogen-bond acceptors (Lipinski definition) is 1. The first-order valence-electron chi connectivity index (χ1n) is 5.83. The molecule has 0 atom stereocenters. The molecule has 0 unspecified atom stereocenters. The summed E-state index contributed by atoms with van der Waals surface area (Å²) in [5, 5.41) is 0. The van der Waals surface area contributed by atoms with Crippen molar-refractivity contribution in [1.82, 2.24) is 0 Å². The zero-order valence-corrected chi connectivity index (χ0v) is 13.3. The van der Waals surface area contributed by atoms with E-state index in [1.54, 1.807) is 0 Å². The zero-order valence-electron chi connectivity index (χ0n) is 11.3. The van der Waals surface area contributed by atoms with Crippen molar-refractivity contribution in [2.24, 2.45) is 0 Å². The highest BCUT2D eigenvalue weighted by Crippen LogP contribution is 2.06. The number of ketones is 1. The van der Waals surface area contributed by atoms with Crippen LogP contribution in [-0.4, -0.2) is 21.9 Å². The predicted molar refractivity (Wildman–Crippen MR) is 76.5 cm³/mol. The SMILES string of the molecule is CC[Si](C)(C)C#CC(=O)C#C[Si](C)(C)CC. The van der Waals surface area contributed by atoms with Crippen LogP contribution in [0.2, 0.25) is 38.3 Å². The van der Waals surface area contributed by atoms with E-state index in [0.717, 1.165) is 12.1 Å². The van der Waals surface area contributed by atoms with Crippen molar-refractivity contribution >= 4 is 21.9 Å². The molecule has 0 aromatic carbocycles. The highest BCUT2D eigenvalue weighted by atomic mass is 28.3. The molecule has 0 aromatic rings. The highest BCUT2D eigenvalue weighted by Gasteiger charge is 2.15. The molecule has 0 radical (unpaired) electrons. The summed E-state index contributed by atoms with van der Waals surface area (Å²) in [5.74, 6) is 5.18. The van der Waals surface area contributed by atoms with Crippen LogP contribution >= 0.6 is 0 Å². The summed E-state index contributed by atoms with van der Waals surface area (Å²) in [6, 6.07) is 2.16. The van der Waals surface area contributed by atoms with Gasteiger partial charge in [0, 0.05) is 0 Å². The van der Waals surface area contributed by atoms with Crippen LogP contribution in [0, 0.1) is 22.9 Å². The van der Waals surface area contributed by atoms with Crippen LogP contribution in [0.1, 0.15) is 13.8 Å². The minimum Gasteiger partial charge on any atom is -0.270 e. The van der Waals surface area contributed by atoms with Gasteiger partial charge in [-0.2, -0.15) is 0 Å². The summed E-state index contributed by atoms with van der Waals surface area (Å²) in [7, 11) is -2.92. The third-order valence-electron chi connectivity index (χ3n) is 2.80. The fourth-order valence-electron chi connectivity index (χ4n) is 0.660. The Balaban J connectivity index is 4.63. The van der Waals surface area contributed by atoms with Gasteiger partial charge in [-0.15, -0.1) is 11.1 Å². The third kappa shape index (κ3) is 6.66. The molecule has 0 heterocycles. The lowest BCUT2D eigenvalue weighted by Crippen LogP contribution is -2.22. The van der Waals surface area contributed by atoms with E-state index in [4.69, 9.17) is 0 Å². The van der Waals surface area contributed by atoms with Gasteiger partial charge in [0.2, 0.25) is 0 Å². The second kappa shape index (κ2) is 6.08. The average Bonchev–Trinajstić information content (AvgIpc) is 2.24. The summed E-state index contributed by atoms with van der Waals surface area (Å²) in [6.07, 6.45) is 0. The van der Waals surface area contributed by atoms with Crippen LogP contribution in [0.25, 0.3) is 0 Å². The van der Waals surface area contributed by atoms with E-state index in [1.807, 2.05) is 0 Å². The molecule has 0 N–H and O–H groups in total. The number of hydrogen-bond donors (Lipinski definition) is 0. The van der Waals surface area contributed by atoms with Crippen molar-refractivity contribution in [3.63, 3.8) is 0 Å². The van der Waals surface area contributed by atoms with E-state index in [9.17, 15) is 4.79 Å². The third-order valence-corrected chi connectivity index (χ3v) is 7.94. The molecule has 0 bridgehead atoms. The summed E-state index contributed by atoms with van der Waals surface area (Å²) in [6.45, 7) is 12.9. The number of rotatable bonds is 2. The Hall–Kier alpha value is -0.776. The van der Waals surface area contributed by atoms with E-state index in [2.05, 4.69) is 63.0 Å². The summed E-state index contributed by atoms with van der Waals surface area (Å²) >= 11 is 0. The van der Waals surface area contributed by atoms with Gasteiger partial charge in [-0.3, -0.25) is 4.79 Å². The van der Waals surface area contributed by atoms with Gasteiger partial charge in [0.1, 0.15) is 16.1 Å². The molecule has 3 heteroatoms. The van der Waals surface area contributed by atoms with Crippen molar-refractivity contribution in [3.8, 4) is 22.9 Å². The van der Waals surface area contributed by atoms with Gasteiger partial charge in [0.15, 0.2) is 0 Å². The Morgan fingerprint density at radius 1 is 0.875 bits per heavy atom. The van der Waals surface area contributed by atoms with E-state index in [0.29, 0.717) is 0 Å². The number of carbonyl (C=O) groups excluding carboxylic acids is 1. The lowest BCUT2D eigenvalue weighted by Gasteiger charge is -2.09. The van der Waals surface area contributed by atoms with Crippen LogP contribution in [0.15, 0.2) is 0 Å². The Morgan fingerprint density at radius 2 is 1.19 bits per heavy atom. The molecule has 0 rings (SSSR count). The Labute approximate surface area is 102 Å². The van der Waals surface area contributed by atoms with Gasteiger partial charge in [-0.25, -0.2) is 0 Å². The molecule has 0 saturated carbocycles. The van der Waals surface area contributed by atoms with Crippen LogP contribution < -0.4 is 0 Å². The van der Waals surface area contributed by atoms with Crippen molar-refractivity contribution in [2.75, 3.05) is 0 Å². The molecule has 0 amide bonds. The maximum absolute atomic E-state index is 11.5. The minimum absolute atomic E-state index is 0.206. The smallest absolute Gasteiger partial charge is 0.270 e. The van der Waals surface area contributed by atoms with Crippen LogP contribution in [0.4, 0.5) is 0 Å². The Kier molecular flexibility index (Phi) is 5.79. The van der Waals surface area contributed by atoms with E-state index in [-0.39, 0.29) is 5.78 Å².